The summed E-state index contributed by atoms with van der Waals surface area (Å²) in [5.74, 6) is -1.98. The number of hydrogen-bond donors (Lipinski definition) is 3. The van der Waals surface area contributed by atoms with Crippen LogP contribution in [0.15, 0.2) is 0 Å². The monoisotopic (exact) mass is 360 g/mol. The Bertz CT molecular complexity index is 450. The summed E-state index contributed by atoms with van der Waals surface area (Å²) < 4.78 is 4.83. The van der Waals surface area contributed by atoms with Crippen LogP contribution in [0, 0.1) is 0 Å². The zero-order valence-corrected chi connectivity index (χ0v) is 15.2. The van der Waals surface area contributed by atoms with Crippen LogP contribution in [0.3, 0.4) is 0 Å². The van der Waals surface area contributed by atoms with E-state index >= 15 is 0 Å². The molecule has 0 aliphatic heterocycles. The molecule has 0 aromatic rings. The molecule has 0 spiro atoms. The number of carbonyl (C=O) groups is 3. The number of nitrogens with one attached hydrogen (secondary N) is 1. The van der Waals surface area contributed by atoms with Gasteiger partial charge in [0.25, 0.3) is 0 Å². The van der Waals surface area contributed by atoms with Gasteiger partial charge >= 0.3 is 11.9 Å². The lowest BCUT2D eigenvalue weighted by molar-refractivity contribution is -0.144. The van der Waals surface area contributed by atoms with Crippen molar-refractivity contribution in [2.24, 2.45) is 5.73 Å². The van der Waals surface area contributed by atoms with E-state index in [1.165, 1.54) is 32.8 Å². The minimum atomic E-state index is -1.19. The van der Waals surface area contributed by atoms with E-state index < -0.39 is 36.4 Å². The summed E-state index contributed by atoms with van der Waals surface area (Å²) in [6.07, 6.45) is 6.49. The van der Waals surface area contributed by atoms with Crippen LogP contribution >= 0.6 is 11.8 Å². The van der Waals surface area contributed by atoms with Crippen LogP contribution in [-0.4, -0.2) is 52.6 Å². The van der Waals surface area contributed by atoms with Crippen LogP contribution in [0.1, 0.15) is 51.9 Å². The maximum Gasteiger partial charge on any atom is 0.329 e. The van der Waals surface area contributed by atoms with E-state index in [4.69, 9.17) is 15.6 Å². The third kappa shape index (κ3) is 7.09. The number of carbonyl (C=O) groups excluding carboxylic acids is 2. The predicted molar refractivity (Wildman–Crippen MR) is 92.7 cm³/mol. The van der Waals surface area contributed by atoms with Crippen LogP contribution in [0.2, 0.25) is 0 Å². The number of amides is 1. The molecule has 0 heterocycles. The van der Waals surface area contributed by atoms with Crippen molar-refractivity contribution < 1.29 is 24.2 Å². The van der Waals surface area contributed by atoms with Gasteiger partial charge in [-0.3, -0.25) is 9.59 Å². The van der Waals surface area contributed by atoms with E-state index in [9.17, 15) is 14.4 Å². The second kappa shape index (κ2) is 9.88. The number of carboxylic acids is 1. The lowest BCUT2D eigenvalue weighted by Gasteiger charge is -2.29. The Morgan fingerprint density at radius 2 is 1.83 bits per heavy atom. The van der Waals surface area contributed by atoms with E-state index in [2.05, 4.69) is 12.2 Å². The third-order valence-corrected chi connectivity index (χ3v) is 5.90. The summed E-state index contributed by atoms with van der Waals surface area (Å²) in [6.45, 7) is 2.19. The van der Waals surface area contributed by atoms with Crippen LogP contribution in [0.25, 0.3) is 0 Å². The molecule has 1 aliphatic carbocycles. The smallest absolute Gasteiger partial charge is 0.329 e. The van der Waals surface area contributed by atoms with Gasteiger partial charge in [0.05, 0.1) is 19.6 Å². The molecule has 0 radical (unpaired) electrons. The molecule has 1 amide bonds. The van der Waals surface area contributed by atoms with E-state index in [-0.39, 0.29) is 4.75 Å². The molecule has 138 valence electrons. The quantitative estimate of drug-likeness (QED) is 0.441. The first-order valence-corrected chi connectivity index (χ1v) is 9.25. The van der Waals surface area contributed by atoms with E-state index in [0.29, 0.717) is 5.75 Å². The molecular formula is C16H28N2O5S. The molecule has 0 aromatic heterocycles. The summed E-state index contributed by atoms with van der Waals surface area (Å²) >= 11 is 1.66. The zero-order valence-electron chi connectivity index (χ0n) is 14.4. The minimum Gasteiger partial charge on any atom is -0.481 e. The van der Waals surface area contributed by atoms with Crippen molar-refractivity contribution in [3.8, 4) is 0 Å². The molecule has 7 nitrogen and oxygen atoms in total. The highest BCUT2D eigenvalue weighted by molar-refractivity contribution is 8.00. The average molecular weight is 360 g/mol. The van der Waals surface area contributed by atoms with Gasteiger partial charge in [-0.2, -0.15) is 11.8 Å². The minimum absolute atomic E-state index is 0.0800. The molecular weight excluding hydrogens is 332 g/mol. The summed E-state index contributed by atoms with van der Waals surface area (Å²) in [5.41, 5.74) is 5.54. The molecule has 0 saturated heterocycles. The van der Waals surface area contributed by atoms with E-state index in [1.807, 2.05) is 0 Å². The van der Waals surface area contributed by atoms with Crippen LogP contribution < -0.4 is 11.1 Å². The van der Waals surface area contributed by atoms with Gasteiger partial charge in [-0.25, -0.2) is 4.79 Å². The molecule has 4 N–H and O–H groups in total. The molecule has 0 unspecified atom stereocenters. The summed E-state index contributed by atoms with van der Waals surface area (Å²) in [6, 6.07) is -2.01. The predicted octanol–water partition coefficient (Wildman–Crippen LogP) is 1.29. The number of ether oxygens (including phenoxy) is 1. The van der Waals surface area contributed by atoms with E-state index in [0.717, 1.165) is 12.8 Å². The van der Waals surface area contributed by atoms with Crippen molar-refractivity contribution in [3.05, 3.63) is 0 Å². The number of thioether (sulfide) groups is 1. The highest BCUT2D eigenvalue weighted by atomic mass is 32.2. The second-order valence-corrected chi connectivity index (χ2v) is 8.07. The third-order valence-electron chi connectivity index (χ3n) is 4.29. The number of nitrogens with two attached hydrogens (primary N) is 1. The average Bonchev–Trinajstić information content (AvgIpc) is 2.74. The van der Waals surface area contributed by atoms with Crippen molar-refractivity contribution in [2.45, 2.75) is 68.7 Å². The lowest BCUT2D eigenvalue weighted by atomic mass is 10.0. The standard InChI is InChI=1S/C16H28N2O5S/c1-16(7-5-3-4-6-8-16)24-10-12(15(22)23-2)18-14(21)11(17)9-13(19)20/h11-12H,3-10,17H2,1-2H3,(H,18,21)(H,19,20)/t11-,12-/m0/s1. The van der Waals surface area contributed by atoms with Crippen molar-refractivity contribution in [1.29, 1.82) is 0 Å². The Morgan fingerprint density at radius 1 is 1.25 bits per heavy atom. The van der Waals surface area contributed by atoms with Gasteiger partial charge in [-0.05, 0) is 12.8 Å². The normalized spacial score (nSPS) is 19.6. The maximum absolute atomic E-state index is 12.0. The molecule has 8 heteroatoms. The number of hydrogen-bond acceptors (Lipinski definition) is 6. The summed E-state index contributed by atoms with van der Waals surface area (Å²) in [5, 5.41) is 11.2. The van der Waals surface area contributed by atoms with Gasteiger partial charge in [0, 0.05) is 10.5 Å². The van der Waals surface area contributed by atoms with Crippen molar-refractivity contribution in [1.82, 2.24) is 5.32 Å². The van der Waals surface area contributed by atoms with Crippen LogP contribution in [-0.2, 0) is 19.1 Å². The molecule has 2 atom stereocenters. The van der Waals surface area contributed by atoms with Gasteiger partial charge in [-0.1, -0.05) is 32.6 Å². The Labute approximate surface area is 147 Å². The Hall–Kier alpha value is -1.28. The molecule has 1 rings (SSSR count). The second-order valence-electron chi connectivity index (χ2n) is 6.46. The Morgan fingerprint density at radius 3 is 2.33 bits per heavy atom. The van der Waals surface area contributed by atoms with Gasteiger partial charge in [0.2, 0.25) is 5.91 Å². The molecule has 1 fully saturated rings. The summed E-state index contributed by atoms with van der Waals surface area (Å²) in [4.78, 5) is 34.5. The largest absolute Gasteiger partial charge is 0.481 e. The van der Waals surface area contributed by atoms with Crippen molar-refractivity contribution in [3.63, 3.8) is 0 Å². The number of carboxylic acid groups (broad SMARTS) is 1. The first-order valence-electron chi connectivity index (χ1n) is 8.27. The van der Waals surface area contributed by atoms with Gasteiger partial charge in [0.1, 0.15) is 6.04 Å². The number of esters is 1. The fourth-order valence-electron chi connectivity index (χ4n) is 2.78. The van der Waals surface area contributed by atoms with Gasteiger partial charge in [-0.15, -0.1) is 0 Å². The van der Waals surface area contributed by atoms with Crippen LogP contribution in [0.4, 0.5) is 0 Å². The zero-order chi connectivity index (χ0) is 18.2. The molecule has 24 heavy (non-hydrogen) atoms. The fourth-order valence-corrected chi connectivity index (χ4v) is 4.14. The number of methoxy groups -OCH3 is 1. The van der Waals surface area contributed by atoms with Gasteiger partial charge in [0.15, 0.2) is 0 Å². The maximum atomic E-state index is 12.0. The lowest BCUT2D eigenvalue weighted by Crippen LogP contribution is -2.50. The SMILES string of the molecule is COC(=O)[C@H](CSC1(C)CCCCCC1)NC(=O)[C@@H](N)CC(=O)O. The van der Waals surface area contributed by atoms with Crippen molar-refractivity contribution >= 4 is 29.6 Å². The first-order chi connectivity index (χ1) is 11.3. The molecule has 0 bridgehead atoms. The Balaban J connectivity index is 2.63. The fraction of sp³-hybridized carbons (Fsp3) is 0.812. The Kier molecular flexibility index (Phi) is 8.55. The molecule has 0 aromatic carbocycles. The van der Waals surface area contributed by atoms with Crippen molar-refractivity contribution in [2.75, 3.05) is 12.9 Å². The van der Waals surface area contributed by atoms with E-state index in [1.54, 1.807) is 11.8 Å². The molecule has 1 saturated carbocycles. The van der Waals surface area contributed by atoms with Gasteiger partial charge < -0.3 is 20.9 Å². The number of aliphatic carboxylic acids is 1. The van der Waals surface area contributed by atoms with Crippen LogP contribution in [0.5, 0.6) is 0 Å². The highest BCUT2D eigenvalue weighted by Gasteiger charge is 2.31. The number of rotatable bonds is 8. The highest BCUT2D eigenvalue weighted by Crippen LogP contribution is 2.38. The molecule has 1 aliphatic rings. The topological polar surface area (TPSA) is 119 Å². The first kappa shape index (κ1) is 20.8. The summed E-state index contributed by atoms with van der Waals surface area (Å²) in [7, 11) is 1.26.